The lowest BCUT2D eigenvalue weighted by molar-refractivity contribution is -0.138. The molecule has 1 amide bonds. The van der Waals surface area contributed by atoms with Gasteiger partial charge in [-0.3, -0.25) is 9.79 Å². The molecule has 3 heterocycles. The van der Waals surface area contributed by atoms with Crippen molar-refractivity contribution in [1.82, 2.24) is 14.2 Å². The summed E-state index contributed by atoms with van der Waals surface area (Å²) in [5.41, 5.74) is 0.547. The van der Waals surface area contributed by atoms with Crippen LogP contribution in [0.2, 0.25) is 0 Å². The number of carbonyl (C=O) groups is 1. The number of amides is 1. The molecule has 1 saturated carbocycles. The minimum Gasteiger partial charge on any atom is -0.394 e. The third kappa shape index (κ3) is 8.62. The number of nitrogens with one attached hydrogen (secondary N) is 1. The first-order valence-corrected chi connectivity index (χ1v) is 17.6. The highest BCUT2D eigenvalue weighted by molar-refractivity contribution is 7.92. The van der Waals surface area contributed by atoms with Crippen molar-refractivity contribution in [1.29, 1.82) is 0 Å². The lowest BCUT2D eigenvalue weighted by Gasteiger charge is -2.34. The lowest BCUT2D eigenvalue weighted by Crippen LogP contribution is -2.50. The van der Waals surface area contributed by atoms with Gasteiger partial charge in [0, 0.05) is 54.5 Å². The number of ether oxygens (including phenoxy) is 1. The monoisotopic (exact) mass is 684 g/mol. The van der Waals surface area contributed by atoms with Gasteiger partial charge < -0.3 is 29.9 Å². The zero-order chi connectivity index (χ0) is 33.8. The highest BCUT2D eigenvalue weighted by Crippen LogP contribution is 2.38. The number of alkyl halides is 3. The predicted molar refractivity (Wildman–Crippen MR) is 170 cm³/mol. The molecule has 1 aliphatic carbocycles. The molecule has 2 atom stereocenters. The second kappa shape index (κ2) is 14.7. The minimum atomic E-state index is -4.15. The Balaban J connectivity index is 1.15. The third-order valence-electron chi connectivity index (χ3n) is 9.64. The van der Waals surface area contributed by atoms with Crippen molar-refractivity contribution in [2.75, 3.05) is 32.9 Å². The number of sulfonamides is 1. The number of hydrogen-bond donors (Lipinski definition) is 4. The fourth-order valence-corrected chi connectivity index (χ4v) is 7.89. The van der Waals surface area contributed by atoms with Gasteiger partial charge in [-0.1, -0.05) is 12.1 Å². The predicted octanol–water partition coefficient (Wildman–Crippen LogP) is 3.18. The molecule has 1 saturated heterocycles. The van der Waals surface area contributed by atoms with Crippen molar-refractivity contribution in [3.63, 3.8) is 0 Å². The summed E-state index contributed by atoms with van der Waals surface area (Å²) in [5, 5.41) is 33.0. The van der Waals surface area contributed by atoms with Crippen LogP contribution in [0.15, 0.2) is 40.9 Å². The smallest absolute Gasteiger partial charge is 0.389 e. The van der Waals surface area contributed by atoms with Crippen molar-refractivity contribution < 1.29 is 46.4 Å². The quantitative estimate of drug-likeness (QED) is 0.237. The van der Waals surface area contributed by atoms with E-state index in [0.717, 1.165) is 10.9 Å². The van der Waals surface area contributed by atoms with Gasteiger partial charge in [0.25, 0.3) is 5.91 Å². The van der Waals surface area contributed by atoms with Gasteiger partial charge in [-0.2, -0.15) is 17.5 Å². The van der Waals surface area contributed by atoms with Crippen molar-refractivity contribution in [2.24, 2.45) is 16.8 Å². The van der Waals surface area contributed by atoms with E-state index in [4.69, 9.17) is 14.8 Å². The molecule has 5 rings (SSSR count). The van der Waals surface area contributed by atoms with Gasteiger partial charge in [0.15, 0.2) is 0 Å². The first kappa shape index (κ1) is 35.5. The van der Waals surface area contributed by atoms with E-state index in [9.17, 15) is 36.6 Å². The molecule has 2 aromatic rings. The molecule has 47 heavy (non-hydrogen) atoms. The largest absolute Gasteiger partial charge is 0.394 e. The summed E-state index contributed by atoms with van der Waals surface area (Å²) in [5.74, 6) is 0.368. The second-order valence-electron chi connectivity index (χ2n) is 12.8. The number of rotatable bonds is 13. The Labute approximate surface area is 272 Å². The van der Waals surface area contributed by atoms with E-state index in [0.29, 0.717) is 43.6 Å². The second-order valence-corrected chi connectivity index (χ2v) is 14.6. The number of benzene rings is 1. The van der Waals surface area contributed by atoms with E-state index in [2.05, 4.69) is 5.32 Å². The van der Waals surface area contributed by atoms with Crippen molar-refractivity contribution >= 4 is 38.7 Å². The summed E-state index contributed by atoms with van der Waals surface area (Å²) < 4.78 is 73.1. The number of halogens is 3. The van der Waals surface area contributed by atoms with Gasteiger partial charge in [-0.25, -0.2) is 8.42 Å². The van der Waals surface area contributed by atoms with Crippen LogP contribution in [0.3, 0.4) is 0 Å². The van der Waals surface area contributed by atoms with Crippen LogP contribution in [-0.2, 0) is 26.1 Å². The summed E-state index contributed by atoms with van der Waals surface area (Å²) in [6.45, 7) is 0.277. The van der Waals surface area contributed by atoms with Crippen LogP contribution in [0.25, 0.3) is 17.0 Å². The van der Waals surface area contributed by atoms with Crippen LogP contribution in [0.4, 0.5) is 13.2 Å². The molecule has 260 valence electrons. The first-order valence-electron chi connectivity index (χ1n) is 16.1. The van der Waals surface area contributed by atoms with Gasteiger partial charge >= 0.3 is 6.18 Å². The van der Waals surface area contributed by atoms with E-state index < -0.39 is 47.0 Å². The zero-order valence-corrected chi connectivity index (χ0v) is 26.9. The van der Waals surface area contributed by atoms with E-state index in [-0.39, 0.29) is 63.3 Å². The van der Waals surface area contributed by atoms with E-state index >= 15 is 0 Å². The Bertz CT molecular complexity index is 1560. The number of hydrogen-bond acceptors (Lipinski definition) is 8. The normalized spacial score (nSPS) is 23.8. The van der Waals surface area contributed by atoms with Gasteiger partial charge in [-0.05, 0) is 74.6 Å². The standard InChI is InChI=1S/C32H43F3N4O7S/c33-32(34,35)11-8-22-4-6-24(7-5-22)29-36-30(43)31(37-29)12-15-39(16-13-31)47(44,45)19-10-23-2-1-3-26-25(23)9-14-38(26)17-18-46-21-28(42)27(41)20-40/h1-3,9-10,14,19,22,24,27-28,40-42H,4-8,11-13,15-18,20-21H2,(H,36,37,43)/b19-10+/t22?,24?,27-,28-/m0/s1. The molecule has 1 spiro atoms. The number of aromatic nitrogens is 1. The van der Waals surface area contributed by atoms with Crippen LogP contribution in [-0.4, -0.2) is 101 Å². The fourth-order valence-electron chi connectivity index (χ4n) is 6.71. The molecule has 2 aliphatic heterocycles. The molecule has 1 aromatic carbocycles. The van der Waals surface area contributed by atoms with Gasteiger partial charge in [0.1, 0.15) is 23.6 Å². The lowest BCUT2D eigenvalue weighted by atomic mass is 9.79. The molecule has 3 aliphatic rings. The number of amidine groups is 1. The van der Waals surface area contributed by atoms with Gasteiger partial charge in [0.05, 0.1) is 19.8 Å². The molecule has 1 aromatic heterocycles. The molecular formula is C32H43F3N4O7S. The maximum absolute atomic E-state index is 13.3. The SMILES string of the molecule is O=C1NC(C2CCC(CCC(F)(F)F)CC2)=NC12CCN(S(=O)(=O)/C=C/c1cccc3c1ccn3CCOC[C@H](O)[C@@H](O)CO)CC2. The number of fused-ring (bicyclic) bond motifs is 1. The highest BCUT2D eigenvalue weighted by Gasteiger charge is 2.48. The number of aliphatic hydroxyl groups excluding tert-OH is 3. The first-order chi connectivity index (χ1) is 22.3. The third-order valence-corrected chi connectivity index (χ3v) is 11.2. The summed E-state index contributed by atoms with van der Waals surface area (Å²) in [6, 6.07) is 7.41. The fraction of sp³-hybridized carbons (Fsp3) is 0.625. The molecule has 15 heteroatoms. The summed E-state index contributed by atoms with van der Waals surface area (Å²) in [4.78, 5) is 17.8. The highest BCUT2D eigenvalue weighted by atomic mass is 32.2. The van der Waals surface area contributed by atoms with Crippen LogP contribution in [0.5, 0.6) is 0 Å². The van der Waals surface area contributed by atoms with E-state index in [1.807, 2.05) is 35.0 Å². The summed E-state index contributed by atoms with van der Waals surface area (Å²) in [7, 11) is -3.79. The summed E-state index contributed by atoms with van der Waals surface area (Å²) in [6.07, 6.45) is -0.686. The molecule has 2 fully saturated rings. The molecule has 4 N–H and O–H groups in total. The maximum Gasteiger partial charge on any atom is 0.389 e. The molecule has 0 bridgehead atoms. The molecule has 11 nitrogen and oxygen atoms in total. The van der Waals surface area contributed by atoms with Gasteiger partial charge in [0.2, 0.25) is 10.0 Å². The Morgan fingerprint density at radius 2 is 1.83 bits per heavy atom. The van der Waals surface area contributed by atoms with Crippen molar-refractivity contribution in [3.8, 4) is 0 Å². The van der Waals surface area contributed by atoms with E-state index in [1.54, 1.807) is 6.08 Å². The Hall–Kier alpha value is -2.82. The molecular weight excluding hydrogens is 641 g/mol. The van der Waals surface area contributed by atoms with Crippen LogP contribution < -0.4 is 5.32 Å². The Morgan fingerprint density at radius 1 is 1.11 bits per heavy atom. The molecule has 0 radical (unpaired) electrons. The van der Waals surface area contributed by atoms with Crippen LogP contribution in [0, 0.1) is 11.8 Å². The van der Waals surface area contributed by atoms with Gasteiger partial charge in [-0.15, -0.1) is 0 Å². The van der Waals surface area contributed by atoms with Crippen molar-refractivity contribution in [3.05, 3.63) is 41.4 Å². The number of nitrogens with zero attached hydrogens (tertiary/aromatic N) is 3. The Morgan fingerprint density at radius 3 is 2.51 bits per heavy atom. The Kier molecular flexibility index (Phi) is 11.1. The van der Waals surface area contributed by atoms with Crippen LogP contribution in [0.1, 0.15) is 56.9 Å². The van der Waals surface area contributed by atoms with E-state index in [1.165, 1.54) is 9.71 Å². The number of aliphatic imine (C=N–C) groups is 1. The van der Waals surface area contributed by atoms with Crippen LogP contribution >= 0.6 is 0 Å². The topological polar surface area (TPSA) is 154 Å². The molecule has 0 unspecified atom stereocenters. The number of aliphatic hydroxyl groups is 3. The average Bonchev–Trinajstić information content (AvgIpc) is 3.61. The number of piperidine rings is 1. The number of carbonyl (C=O) groups excluding carboxylic acids is 1. The average molecular weight is 685 g/mol. The summed E-state index contributed by atoms with van der Waals surface area (Å²) >= 11 is 0. The maximum atomic E-state index is 13.3. The van der Waals surface area contributed by atoms with Crippen molar-refractivity contribution in [2.45, 2.75) is 81.8 Å². The zero-order valence-electron chi connectivity index (χ0n) is 26.1. The minimum absolute atomic E-state index is 0.00551.